The van der Waals surface area contributed by atoms with Crippen LogP contribution in [0, 0.1) is 13.8 Å². The Bertz CT molecular complexity index is 1010. The summed E-state index contributed by atoms with van der Waals surface area (Å²) in [5, 5.41) is 2.88. The molecular weight excluding hydrogens is 400 g/mol. The molecule has 1 heterocycles. The van der Waals surface area contributed by atoms with Crippen molar-refractivity contribution in [3.05, 3.63) is 53.1 Å². The quantitative estimate of drug-likeness (QED) is 0.736. The van der Waals surface area contributed by atoms with Crippen molar-refractivity contribution >= 4 is 27.3 Å². The molecule has 0 bridgehead atoms. The van der Waals surface area contributed by atoms with Crippen LogP contribution >= 0.6 is 0 Å². The van der Waals surface area contributed by atoms with Crippen LogP contribution in [0.3, 0.4) is 0 Å². The number of sulfonamides is 1. The minimum Gasteiger partial charge on any atom is -0.368 e. The van der Waals surface area contributed by atoms with Gasteiger partial charge in [-0.25, -0.2) is 13.1 Å². The smallest absolute Gasteiger partial charge is 0.255 e. The summed E-state index contributed by atoms with van der Waals surface area (Å²) in [7, 11) is -1.68. The van der Waals surface area contributed by atoms with Crippen LogP contribution in [0.5, 0.6) is 0 Å². The minimum atomic E-state index is -3.73. The fourth-order valence-corrected chi connectivity index (χ4v) is 4.99. The van der Waals surface area contributed by atoms with Crippen molar-refractivity contribution in [3.63, 3.8) is 0 Å². The molecule has 1 amide bonds. The van der Waals surface area contributed by atoms with Crippen LogP contribution < -0.4 is 14.9 Å². The number of nitrogens with zero attached hydrogens (tertiary/aromatic N) is 2. The minimum absolute atomic E-state index is 0.141. The van der Waals surface area contributed by atoms with Gasteiger partial charge in [0.05, 0.1) is 5.69 Å². The summed E-state index contributed by atoms with van der Waals surface area (Å²) >= 11 is 0. The highest BCUT2D eigenvalue weighted by molar-refractivity contribution is 7.89. The molecule has 3 rings (SSSR count). The number of rotatable bonds is 6. The SMILES string of the molecule is CCNS(=O)(=O)c1cc(C(=O)Nc2cc(C)cc(C)c2)ccc1N1CCN(C)CC1. The summed E-state index contributed by atoms with van der Waals surface area (Å²) < 4.78 is 28.4. The molecule has 0 atom stereocenters. The van der Waals surface area contributed by atoms with E-state index in [2.05, 4.69) is 19.8 Å². The van der Waals surface area contributed by atoms with Crippen LogP contribution in [0.4, 0.5) is 11.4 Å². The van der Waals surface area contributed by atoms with Crippen LogP contribution in [0.15, 0.2) is 41.3 Å². The molecule has 2 aromatic carbocycles. The predicted octanol–water partition coefficient (Wildman–Crippen LogP) is 2.61. The molecule has 7 nitrogen and oxygen atoms in total. The van der Waals surface area contributed by atoms with Crippen LogP contribution in [0.1, 0.15) is 28.4 Å². The molecule has 0 spiro atoms. The number of piperazine rings is 1. The molecule has 2 N–H and O–H groups in total. The number of aryl methyl sites for hydroxylation is 2. The van der Waals surface area contributed by atoms with Gasteiger partial charge in [0.15, 0.2) is 0 Å². The Morgan fingerprint density at radius 3 is 2.23 bits per heavy atom. The Kier molecular flexibility index (Phi) is 6.80. The van der Waals surface area contributed by atoms with E-state index >= 15 is 0 Å². The van der Waals surface area contributed by atoms with Gasteiger partial charge < -0.3 is 15.1 Å². The summed E-state index contributed by atoms with van der Waals surface area (Å²) in [4.78, 5) is 17.3. The second-order valence-electron chi connectivity index (χ2n) is 7.80. The van der Waals surface area contributed by atoms with Crippen molar-refractivity contribution in [2.75, 3.05) is 50.0 Å². The molecule has 162 valence electrons. The Morgan fingerprint density at radius 2 is 1.63 bits per heavy atom. The van der Waals surface area contributed by atoms with E-state index in [1.165, 1.54) is 6.07 Å². The third kappa shape index (κ3) is 5.19. The zero-order chi connectivity index (χ0) is 21.9. The van der Waals surface area contributed by atoms with Crippen molar-refractivity contribution < 1.29 is 13.2 Å². The first-order valence-corrected chi connectivity index (χ1v) is 11.6. The largest absolute Gasteiger partial charge is 0.368 e. The molecular formula is C22H30N4O3S. The predicted molar refractivity (Wildman–Crippen MR) is 121 cm³/mol. The lowest BCUT2D eigenvalue weighted by molar-refractivity contribution is 0.102. The van der Waals surface area contributed by atoms with Crippen molar-refractivity contribution in [2.24, 2.45) is 0 Å². The van der Waals surface area contributed by atoms with Gasteiger partial charge in [0, 0.05) is 44.0 Å². The van der Waals surface area contributed by atoms with Gasteiger partial charge in [-0.15, -0.1) is 0 Å². The lowest BCUT2D eigenvalue weighted by atomic mass is 10.1. The first-order valence-electron chi connectivity index (χ1n) is 10.2. The van der Waals surface area contributed by atoms with E-state index in [9.17, 15) is 13.2 Å². The highest BCUT2D eigenvalue weighted by Crippen LogP contribution is 2.28. The van der Waals surface area contributed by atoms with Gasteiger partial charge in [-0.3, -0.25) is 4.79 Å². The fraction of sp³-hybridized carbons (Fsp3) is 0.409. The highest BCUT2D eigenvalue weighted by Gasteiger charge is 2.25. The first-order chi connectivity index (χ1) is 14.2. The van der Waals surface area contributed by atoms with E-state index in [-0.39, 0.29) is 17.3 Å². The summed E-state index contributed by atoms with van der Waals surface area (Å²) in [6.45, 7) is 9.14. The third-order valence-corrected chi connectivity index (χ3v) is 6.74. The van der Waals surface area contributed by atoms with Gasteiger partial charge in [-0.2, -0.15) is 0 Å². The Morgan fingerprint density at radius 1 is 1.00 bits per heavy atom. The van der Waals surface area contributed by atoms with Gasteiger partial charge in [0.2, 0.25) is 10.0 Å². The zero-order valence-corrected chi connectivity index (χ0v) is 18.8. The Hall–Kier alpha value is -2.42. The monoisotopic (exact) mass is 430 g/mol. The molecule has 8 heteroatoms. The van der Waals surface area contributed by atoms with Crippen molar-refractivity contribution in [3.8, 4) is 0 Å². The van der Waals surface area contributed by atoms with Gasteiger partial charge in [-0.1, -0.05) is 13.0 Å². The Labute approximate surface area is 179 Å². The van der Waals surface area contributed by atoms with Crippen molar-refractivity contribution in [1.82, 2.24) is 9.62 Å². The average Bonchev–Trinajstić information content (AvgIpc) is 2.67. The van der Waals surface area contributed by atoms with Crippen molar-refractivity contribution in [1.29, 1.82) is 0 Å². The second-order valence-corrected chi connectivity index (χ2v) is 9.54. The van der Waals surface area contributed by atoms with Gasteiger partial charge >= 0.3 is 0 Å². The molecule has 0 unspecified atom stereocenters. The number of carbonyl (C=O) groups is 1. The first kappa shape index (κ1) is 22.3. The van der Waals surface area contributed by atoms with Crippen LogP contribution in [0.25, 0.3) is 0 Å². The molecule has 1 aliphatic heterocycles. The second kappa shape index (κ2) is 9.16. The zero-order valence-electron chi connectivity index (χ0n) is 18.0. The van der Waals surface area contributed by atoms with Gasteiger partial charge in [-0.05, 0) is 62.4 Å². The number of likely N-dealkylation sites (N-methyl/N-ethyl adjacent to an activating group) is 1. The molecule has 0 saturated carbocycles. The summed E-state index contributed by atoms with van der Waals surface area (Å²) in [5.74, 6) is -0.335. The maximum atomic E-state index is 12.9. The summed E-state index contributed by atoms with van der Waals surface area (Å²) in [6, 6.07) is 10.7. The third-order valence-electron chi connectivity index (χ3n) is 5.17. The molecule has 0 aliphatic carbocycles. The topological polar surface area (TPSA) is 81.7 Å². The molecule has 30 heavy (non-hydrogen) atoms. The molecule has 1 saturated heterocycles. The summed E-state index contributed by atoms with van der Waals surface area (Å²) in [6.07, 6.45) is 0. The normalized spacial score (nSPS) is 15.3. The number of carbonyl (C=O) groups excluding carboxylic acids is 1. The molecule has 0 radical (unpaired) electrons. The Balaban J connectivity index is 1.95. The van der Waals surface area contributed by atoms with Crippen LogP contribution in [-0.2, 0) is 10.0 Å². The standard InChI is InChI=1S/C22H30N4O3S/c1-5-23-30(28,29)21-15-18(6-7-20(21)26-10-8-25(4)9-11-26)22(27)24-19-13-16(2)12-17(3)14-19/h6-7,12-15,23H,5,8-11H2,1-4H3,(H,24,27). The fourth-order valence-electron chi connectivity index (χ4n) is 3.70. The summed E-state index contributed by atoms with van der Waals surface area (Å²) in [5.41, 5.74) is 3.73. The average molecular weight is 431 g/mol. The maximum absolute atomic E-state index is 12.9. The number of hydrogen-bond donors (Lipinski definition) is 2. The van der Waals surface area contributed by atoms with Gasteiger partial charge in [0.1, 0.15) is 4.90 Å². The molecule has 1 aliphatic rings. The number of anilines is 2. The van der Waals surface area contributed by atoms with E-state index in [1.807, 2.05) is 39.1 Å². The van der Waals surface area contributed by atoms with Crippen LogP contribution in [0.2, 0.25) is 0 Å². The lowest BCUT2D eigenvalue weighted by Gasteiger charge is -2.35. The van der Waals surface area contributed by atoms with E-state index in [0.29, 0.717) is 16.9 Å². The van der Waals surface area contributed by atoms with Crippen LogP contribution in [-0.4, -0.2) is 59.0 Å². The number of benzene rings is 2. The van der Waals surface area contributed by atoms with Gasteiger partial charge in [0.25, 0.3) is 5.91 Å². The van der Waals surface area contributed by atoms with Crippen molar-refractivity contribution in [2.45, 2.75) is 25.7 Å². The number of nitrogens with one attached hydrogen (secondary N) is 2. The van der Waals surface area contributed by atoms with E-state index in [1.54, 1.807) is 19.1 Å². The van der Waals surface area contributed by atoms with E-state index in [4.69, 9.17) is 0 Å². The number of hydrogen-bond acceptors (Lipinski definition) is 5. The molecule has 2 aromatic rings. The maximum Gasteiger partial charge on any atom is 0.255 e. The lowest BCUT2D eigenvalue weighted by Crippen LogP contribution is -2.45. The van der Waals surface area contributed by atoms with E-state index in [0.717, 1.165) is 37.3 Å². The highest BCUT2D eigenvalue weighted by atomic mass is 32.2. The number of amides is 1. The molecule has 1 fully saturated rings. The molecule has 0 aromatic heterocycles. The van der Waals surface area contributed by atoms with E-state index < -0.39 is 10.0 Å².